The predicted molar refractivity (Wildman–Crippen MR) is 33.7 cm³/mol. The van der Waals surface area contributed by atoms with E-state index in [0.29, 0.717) is 0 Å². The van der Waals surface area contributed by atoms with Crippen LogP contribution in [0.2, 0.25) is 0 Å². The summed E-state index contributed by atoms with van der Waals surface area (Å²) in [7, 11) is 1.28. The molecule has 5 heteroatoms. The van der Waals surface area contributed by atoms with Gasteiger partial charge in [-0.15, -0.1) is 0 Å². The second-order valence-electron chi connectivity index (χ2n) is 2.40. The van der Waals surface area contributed by atoms with Gasteiger partial charge in [-0.3, -0.25) is 0 Å². The van der Waals surface area contributed by atoms with Crippen molar-refractivity contribution in [1.29, 1.82) is 0 Å². The largest absolute Gasteiger partial charge is 0.394 e. The zero-order valence-corrected chi connectivity index (χ0v) is 6.11. The third-order valence-corrected chi connectivity index (χ3v) is 1.69. The van der Waals surface area contributed by atoms with Crippen LogP contribution in [0, 0.1) is 0 Å². The molecule has 1 unspecified atom stereocenters. The van der Waals surface area contributed by atoms with Crippen LogP contribution >= 0.6 is 0 Å². The van der Waals surface area contributed by atoms with Gasteiger partial charge in [0.2, 0.25) is 0 Å². The van der Waals surface area contributed by atoms with Crippen LogP contribution in [0.25, 0.3) is 0 Å². The van der Waals surface area contributed by atoms with Gasteiger partial charge in [-0.1, -0.05) is 0 Å². The molecule has 0 saturated carbocycles. The van der Waals surface area contributed by atoms with Crippen molar-refractivity contribution in [3.05, 3.63) is 0 Å². The van der Waals surface area contributed by atoms with E-state index in [-0.39, 0.29) is 0 Å². The number of methoxy groups -OCH3 is 1. The van der Waals surface area contributed by atoms with Crippen molar-refractivity contribution in [2.45, 2.75) is 24.7 Å². The highest BCUT2D eigenvalue weighted by molar-refractivity contribution is 4.86. The fourth-order valence-corrected chi connectivity index (χ4v) is 1.03. The van der Waals surface area contributed by atoms with E-state index in [2.05, 4.69) is 4.74 Å². The van der Waals surface area contributed by atoms with Crippen LogP contribution in [0.5, 0.6) is 0 Å². The molecule has 1 aliphatic rings. The first-order valence-corrected chi connectivity index (χ1v) is 3.32. The Bertz CT molecular complexity index is 114. The number of hydrogen-bond donors (Lipinski definition) is 2. The number of aliphatic hydroxyl groups is 2. The molecule has 1 aliphatic heterocycles. The van der Waals surface area contributed by atoms with E-state index in [1.54, 1.807) is 0 Å². The molecule has 4 nitrogen and oxygen atoms in total. The van der Waals surface area contributed by atoms with Crippen LogP contribution in [0.15, 0.2) is 0 Å². The minimum Gasteiger partial charge on any atom is -0.394 e. The Morgan fingerprint density at radius 1 is 1.64 bits per heavy atom. The molecule has 1 fully saturated rings. The first-order valence-electron chi connectivity index (χ1n) is 3.32. The number of alkyl halides is 1. The summed E-state index contributed by atoms with van der Waals surface area (Å²) < 4.78 is 22.2. The van der Waals surface area contributed by atoms with Gasteiger partial charge in [-0.25, -0.2) is 4.39 Å². The molecule has 1 rings (SSSR count). The van der Waals surface area contributed by atoms with E-state index in [1.807, 2.05) is 0 Å². The van der Waals surface area contributed by atoms with Crippen LogP contribution in [0.3, 0.4) is 0 Å². The molecule has 0 spiro atoms. The van der Waals surface area contributed by atoms with Crippen LogP contribution in [0.1, 0.15) is 0 Å². The normalized spacial score (nSPS) is 44.7. The standard InChI is InChI=1S/C6H11FO4/c1-10-6-4(7)5(9)3(2-8)11-6/h3-6,8-9H,2H2,1H3/t3-,4-,5-,6?/m1/s1. The van der Waals surface area contributed by atoms with Crippen molar-refractivity contribution in [2.75, 3.05) is 13.7 Å². The van der Waals surface area contributed by atoms with Gasteiger partial charge in [0.1, 0.15) is 12.2 Å². The van der Waals surface area contributed by atoms with Crippen LogP contribution in [-0.4, -0.2) is 48.6 Å². The summed E-state index contributed by atoms with van der Waals surface area (Å²) >= 11 is 0. The summed E-state index contributed by atoms with van der Waals surface area (Å²) in [5.74, 6) is 0. The third-order valence-electron chi connectivity index (χ3n) is 1.69. The highest BCUT2D eigenvalue weighted by Gasteiger charge is 2.43. The van der Waals surface area contributed by atoms with Gasteiger partial charge >= 0.3 is 0 Å². The second kappa shape index (κ2) is 3.44. The average Bonchev–Trinajstić information content (AvgIpc) is 2.30. The average molecular weight is 166 g/mol. The summed E-state index contributed by atoms with van der Waals surface area (Å²) in [6.07, 6.45) is -4.78. The smallest absolute Gasteiger partial charge is 0.191 e. The Morgan fingerprint density at radius 2 is 2.27 bits per heavy atom. The Hall–Kier alpha value is -0.230. The molecule has 2 N–H and O–H groups in total. The van der Waals surface area contributed by atoms with Crippen molar-refractivity contribution >= 4 is 0 Å². The maximum absolute atomic E-state index is 12.8. The molecule has 0 aromatic carbocycles. The fourth-order valence-electron chi connectivity index (χ4n) is 1.03. The zero-order chi connectivity index (χ0) is 8.43. The Balaban J connectivity index is 2.53. The van der Waals surface area contributed by atoms with Gasteiger partial charge < -0.3 is 19.7 Å². The highest BCUT2D eigenvalue weighted by Crippen LogP contribution is 2.23. The van der Waals surface area contributed by atoms with Crippen LogP contribution in [0.4, 0.5) is 4.39 Å². The van der Waals surface area contributed by atoms with Gasteiger partial charge in [-0.2, -0.15) is 0 Å². The molecule has 0 radical (unpaired) electrons. The molecule has 11 heavy (non-hydrogen) atoms. The number of ether oxygens (including phenoxy) is 2. The van der Waals surface area contributed by atoms with E-state index in [9.17, 15) is 4.39 Å². The molecule has 0 aliphatic carbocycles. The van der Waals surface area contributed by atoms with E-state index in [0.717, 1.165) is 0 Å². The van der Waals surface area contributed by atoms with Gasteiger partial charge in [0.15, 0.2) is 12.5 Å². The molecular weight excluding hydrogens is 155 g/mol. The van der Waals surface area contributed by atoms with E-state index in [1.165, 1.54) is 7.11 Å². The lowest BCUT2D eigenvalue weighted by Gasteiger charge is -2.09. The highest BCUT2D eigenvalue weighted by atomic mass is 19.1. The number of aliphatic hydroxyl groups excluding tert-OH is 2. The van der Waals surface area contributed by atoms with Crippen molar-refractivity contribution in [3.8, 4) is 0 Å². The summed E-state index contributed by atoms with van der Waals surface area (Å²) in [6.45, 7) is -0.401. The van der Waals surface area contributed by atoms with Crippen molar-refractivity contribution < 1.29 is 24.1 Å². The van der Waals surface area contributed by atoms with Crippen molar-refractivity contribution in [1.82, 2.24) is 0 Å². The van der Waals surface area contributed by atoms with Gasteiger partial charge in [-0.05, 0) is 0 Å². The monoisotopic (exact) mass is 166 g/mol. The van der Waals surface area contributed by atoms with Gasteiger partial charge in [0.25, 0.3) is 0 Å². The lowest BCUT2D eigenvalue weighted by Crippen LogP contribution is -2.31. The van der Waals surface area contributed by atoms with Crippen LogP contribution < -0.4 is 0 Å². The molecule has 0 aromatic heterocycles. The summed E-state index contributed by atoms with van der Waals surface area (Å²) in [5.41, 5.74) is 0. The summed E-state index contributed by atoms with van der Waals surface area (Å²) in [5, 5.41) is 17.6. The maximum Gasteiger partial charge on any atom is 0.191 e. The van der Waals surface area contributed by atoms with Crippen LogP contribution in [-0.2, 0) is 9.47 Å². The molecule has 0 aromatic rings. The zero-order valence-electron chi connectivity index (χ0n) is 6.11. The molecular formula is C6H11FO4. The molecule has 4 atom stereocenters. The Labute approximate surface area is 63.5 Å². The second-order valence-corrected chi connectivity index (χ2v) is 2.40. The third kappa shape index (κ3) is 1.51. The number of hydrogen-bond acceptors (Lipinski definition) is 4. The van der Waals surface area contributed by atoms with Gasteiger partial charge in [0, 0.05) is 7.11 Å². The lowest BCUT2D eigenvalue weighted by atomic mass is 10.2. The lowest BCUT2D eigenvalue weighted by molar-refractivity contribution is -0.141. The minimum absolute atomic E-state index is 0.401. The van der Waals surface area contributed by atoms with E-state index in [4.69, 9.17) is 14.9 Å². The molecule has 1 saturated heterocycles. The predicted octanol–water partition coefficient (Wildman–Crippen LogP) is -0.951. The Kier molecular flexibility index (Phi) is 2.78. The van der Waals surface area contributed by atoms with Crippen molar-refractivity contribution in [3.63, 3.8) is 0 Å². The minimum atomic E-state index is -1.57. The maximum atomic E-state index is 12.8. The molecule has 0 amide bonds. The fraction of sp³-hybridized carbons (Fsp3) is 1.00. The Morgan fingerprint density at radius 3 is 2.55 bits per heavy atom. The molecule has 0 bridgehead atoms. The number of halogens is 1. The number of rotatable bonds is 2. The first-order chi connectivity index (χ1) is 5.20. The van der Waals surface area contributed by atoms with E-state index < -0.39 is 31.3 Å². The van der Waals surface area contributed by atoms with E-state index >= 15 is 0 Å². The molecule has 1 heterocycles. The summed E-state index contributed by atoms with van der Waals surface area (Å²) in [6, 6.07) is 0. The molecule has 66 valence electrons. The quantitative estimate of drug-likeness (QED) is 0.555. The first kappa shape index (κ1) is 8.86. The topological polar surface area (TPSA) is 58.9 Å². The van der Waals surface area contributed by atoms with Gasteiger partial charge in [0.05, 0.1) is 6.61 Å². The van der Waals surface area contributed by atoms with Crippen molar-refractivity contribution in [2.24, 2.45) is 0 Å². The SMILES string of the molecule is COC1O[C@H](CO)[C@@H](O)[C@H]1F. The summed E-state index contributed by atoms with van der Waals surface area (Å²) in [4.78, 5) is 0.